The van der Waals surface area contributed by atoms with Crippen molar-refractivity contribution in [1.29, 1.82) is 0 Å². The predicted octanol–water partition coefficient (Wildman–Crippen LogP) is 2.19. The summed E-state index contributed by atoms with van der Waals surface area (Å²) >= 11 is 5.57. The number of rotatable bonds is 3. The molecule has 0 atom stereocenters. The summed E-state index contributed by atoms with van der Waals surface area (Å²) in [5.74, 6) is 1.21. The van der Waals surface area contributed by atoms with Crippen molar-refractivity contribution in [3.05, 3.63) is 17.7 Å². The Hall–Kier alpha value is -0.720. The van der Waals surface area contributed by atoms with E-state index >= 15 is 0 Å². The lowest BCUT2D eigenvalue weighted by atomic mass is 9.87. The normalized spacial score (nSPS) is 18.9. The highest BCUT2D eigenvalue weighted by atomic mass is 35.5. The Labute approximate surface area is 119 Å². The second-order valence-electron chi connectivity index (χ2n) is 5.17. The van der Waals surface area contributed by atoms with Crippen LogP contribution in [0.4, 0.5) is 0 Å². The third kappa shape index (κ3) is 3.24. The van der Waals surface area contributed by atoms with Crippen molar-refractivity contribution in [3.63, 3.8) is 0 Å². The molecule has 0 aromatic carbocycles. The minimum absolute atomic E-state index is 0.0532. The zero-order valence-corrected chi connectivity index (χ0v) is 12.7. The quantitative estimate of drug-likeness (QED) is 0.803. The van der Waals surface area contributed by atoms with Crippen molar-refractivity contribution in [2.45, 2.75) is 31.6 Å². The van der Waals surface area contributed by atoms with E-state index in [9.17, 15) is 8.42 Å². The van der Waals surface area contributed by atoms with Gasteiger partial charge in [-0.1, -0.05) is 13.8 Å². The molecular weight excluding hydrogens is 286 g/mol. The van der Waals surface area contributed by atoms with E-state index in [2.05, 4.69) is 23.8 Å². The molecule has 1 fully saturated rings. The molecule has 0 saturated carbocycles. The lowest BCUT2D eigenvalue weighted by Crippen LogP contribution is -2.39. The topological polar surface area (TPSA) is 63.2 Å². The highest BCUT2D eigenvalue weighted by molar-refractivity contribution is 7.89. The first kappa shape index (κ1) is 14.7. The van der Waals surface area contributed by atoms with Gasteiger partial charge in [0, 0.05) is 13.1 Å². The number of piperidine rings is 1. The minimum Gasteiger partial charge on any atom is -0.225 e. The van der Waals surface area contributed by atoms with Gasteiger partial charge in [0.2, 0.25) is 15.3 Å². The summed E-state index contributed by atoms with van der Waals surface area (Å²) in [6.07, 6.45) is 4.34. The molecule has 0 amide bonds. The maximum atomic E-state index is 12.4. The molecule has 19 heavy (non-hydrogen) atoms. The monoisotopic (exact) mass is 303 g/mol. The zero-order chi connectivity index (χ0) is 14.0. The van der Waals surface area contributed by atoms with Gasteiger partial charge in [0.1, 0.15) is 4.90 Å². The summed E-state index contributed by atoms with van der Waals surface area (Å²) < 4.78 is 26.3. The van der Waals surface area contributed by atoms with E-state index in [4.69, 9.17) is 11.6 Å². The van der Waals surface area contributed by atoms with Crippen LogP contribution in [0.15, 0.2) is 17.3 Å². The molecule has 7 heteroatoms. The molecule has 1 aliphatic rings. The lowest BCUT2D eigenvalue weighted by Gasteiger charge is -2.32. The van der Waals surface area contributed by atoms with E-state index in [-0.39, 0.29) is 10.2 Å². The second-order valence-corrected chi connectivity index (χ2v) is 7.45. The van der Waals surface area contributed by atoms with Gasteiger partial charge in [-0.3, -0.25) is 0 Å². The first-order chi connectivity index (χ1) is 8.91. The molecule has 0 radical (unpaired) electrons. The number of hydrogen-bond donors (Lipinski definition) is 0. The number of hydrogen-bond acceptors (Lipinski definition) is 4. The largest absolute Gasteiger partial charge is 0.246 e. The molecule has 0 aliphatic carbocycles. The van der Waals surface area contributed by atoms with Crippen LogP contribution in [0, 0.1) is 11.8 Å². The van der Waals surface area contributed by atoms with Crippen molar-refractivity contribution in [2.75, 3.05) is 13.1 Å². The molecule has 0 N–H and O–H groups in total. The van der Waals surface area contributed by atoms with Crippen LogP contribution in [0.2, 0.25) is 5.28 Å². The van der Waals surface area contributed by atoms with Crippen molar-refractivity contribution in [3.8, 4) is 0 Å². The third-order valence-electron chi connectivity index (χ3n) is 3.68. The van der Waals surface area contributed by atoms with Gasteiger partial charge in [-0.25, -0.2) is 18.4 Å². The maximum Gasteiger partial charge on any atom is 0.246 e. The molecule has 1 saturated heterocycles. The van der Waals surface area contributed by atoms with Crippen molar-refractivity contribution in [2.24, 2.45) is 11.8 Å². The van der Waals surface area contributed by atoms with Crippen LogP contribution < -0.4 is 0 Å². The summed E-state index contributed by atoms with van der Waals surface area (Å²) in [5, 5.41) is 0.0532. The van der Waals surface area contributed by atoms with Gasteiger partial charge in [-0.15, -0.1) is 0 Å². The molecule has 106 valence electrons. The molecule has 0 spiro atoms. The summed E-state index contributed by atoms with van der Waals surface area (Å²) in [7, 11) is -3.48. The van der Waals surface area contributed by atoms with Crippen molar-refractivity contribution < 1.29 is 8.42 Å². The van der Waals surface area contributed by atoms with Gasteiger partial charge in [0.25, 0.3) is 0 Å². The molecular formula is C12H18ClN3O2S. The average molecular weight is 304 g/mol. The first-order valence-electron chi connectivity index (χ1n) is 6.39. The van der Waals surface area contributed by atoms with Crippen LogP contribution in [-0.4, -0.2) is 35.8 Å². The number of aromatic nitrogens is 2. The predicted molar refractivity (Wildman–Crippen MR) is 73.4 cm³/mol. The fourth-order valence-corrected chi connectivity index (χ4v) is 3.82. The van der Waals surface area contributed by atoms with Crippen LogP contribution >= 0.6 is 11.6 Å². The summed E-state index contributed by atoms with van der Waals surface area (Å²) in [6, 6.07) is 0. The highest BCUT2D eigenvalue weighted by Gasteiger charge is 2.30. The molecule has 2 rings (SSSR count). The number of sulfonamides is 1. The van der Waals surface area contributed by atoms with E-state index in [1.807, 2.05) is 0 Å². The Balaban J connectivity index is 2.12. The Morgan fingerprint density at radius 2 is 1.79 bits per heavy atom. The van der Waals surface area contributed by atoms with E-state index in [0.717, 1.165) is 12.8 Å². The molecule has 1 aliphatic heterocycles. The zero-order valence-electron chi connectivity index (χ0n) is 11.1. The van der Waals surface area contributed by atoms with Crippen LogP contribution in [0.25, 0.3) is 0 Å². The molecule has 0 bridgehead atoms. The lowest BCUT2D eigenvalue weighted by molar-refractivity contribution is 0.226. The van der Waals surface area contributed by atoms with E-state index in [1.165, 1.54) is 16.7 Å². The van der Waals surface area contributed by atoms with Gasteiger partial charge in [-0.05, 0) is 36.3 Å². The van der Waals surface area contributed by atoms with Gasteiger partial charge < -0.3 is 0 Å². The third-order valence-corrected chi connectivity index (χ3v) is 5.72. The van der Waals surface area contributed by atoms with Crippen LogP contribution in [0.5, 0.6) is 0 Å². The fraction of sp³-hybridized carbons (Fsp3) is 0.667. The van der Waals surface area contributed by atoms with Crippen LogP contribution in [0.1, 0.15) is 26.7 Å². The standard InChI is InChI=1S/C12H18ClN3O2S/c1-9(2)10-3-5-16(6-4-10)19(17,18)11-7-14-12(13)15-8-11/h7-10H,3-6H2,1-2H3. The molecule has 2 heterocycles. The Kier molecular flexibility index (Phi) is 4.43. The average Bonchev–Trinajstić information content (AvgIpc) is 2.39. The first-order valence-corrected chi connectivity index (χ1v) is 8.20. The Bertz CT molecular complexity index is 522. The van der Waals surface area contributed by atoms with Crippen LogP contribution in [0.3, 0.4) is 0 Å². The number of halogens is 1. The Morgan fingerprint density at radius 3 is 2.26 bits per heavy atom. The summed E-state index contributed by atoms with van der Waals surface area (Å²) in [5.41, 5.74) is 0. The maximum absolute atomic E-state index is 12.4. The van der Waals surface area contributed by atoms with Gasteiger partial charge in [0.15, 0.2) is 0 Å². The molecule has 1 aromatic heterocycles. The fourth-order valence-electron chi connectivity index (χ4n) is 2.37. The van der Waals surface area contributed by atoms with E-state index in [1.54, 1.807) is 0 Å². The smallest absolute Gasteiger partial charge is 0.225 e. The van der Waals surface area contributed by atoms with E-state index < -0.39 is 10.0 Å². The van der Waals surface area contributed by atoms with E-state index in [0.29, 0.717) is 24.9 Å². The SMILES string of the molecule is CC(C)C1CCN(S(=O)(=O)c2cnc(Cl)nc2)CC1. The molecule has 0 unspecified atom stereocenters. The van der Waals surface area contributed by atoms with Crippen LogP contribution in [-0.2, 0) is 10.0 Å². The van der Waals surface area contributed by atoms with Gasteiger partial charge >= 0.3 is 0 Å². The second kappa shape index (κ2) is 5.73. The highest BCUT2D eigenvalue weighted by Crippen LogP contribution is 2.27. The summed E-state index contributed by atoms with van der Waals surface area (Å²) in [4.78, 5) is 7.57. The molecule has 5 nitrogen and oxygen atoms in total. The number of nitrogens with zero attached hydrogens (tertiary/aromatic N) is 3. The minimum atomic E-state index is -3.48. The Morgan fingerprint density at radius 1 is 1.26 bits per heavy atom. The van der Waals surface area contributed by atoms with Gasteiger partial charge in [-0.2, -0.15) is 4.31 Å². The van der Waals surface area contributed by atoms with Gasteiger partial charge in [0.05, 0.1) is 12.4 Å². The van der Waals surface area contributed by atoms with Crippen molar-refractivity contribution >= 4 is 21.6 Å². The van der Waals surface area contributed by atoms with Crippen molar-refractivity contribution in [1.82, 2.24) is 14.3 Å². The molecule has 1 aromatic rings. The summed E-state index contributed by atoms with van der Waals surface area (Å²) in [6.45, 7) is 5.49.